The van der Waals surface area contributed by atoms with Crippen LogP contribution in [-0.2, 0) is 33.4 Å². The summed E-state index contributed by atoms with van der Waals surface area (Å²) >= 11 is 5.72. The maximum atomic E-state index is 14.5. The summed E-state index contributed by atoms with van der Waals surface area (Å²) < 4.78 is 29.0. The summed E-state index contributed by atoms with van der Waals surface area (Å²) in [5.41, 5.74) is -0.148. The lowest BCUT2D eigenvalue weighted by molar-refractivity contribution is -0.147. The Morgan fingerprint density at radius 3 is 2.56 bits per heavy atom. The van der Waals surface area contributed by atoms with Crippen LogP contribution < -0.4 is 10.6 Å². The van der Waals surface area contributed by atoms with Crippen molar-refractivity contribution < 1.29 is 28.0 Å². The molecule has 34 heavy (non-hydrogen) atoms. The molecule has 2 aromatic carbocycles. The van der Waals surface area contributed by atoms with Crippen molar-refractivity contribution in [1.29, 1.82) is 0 Å². The molecular formula is C22H20B2ClF2N3O4. The Hall–Kier alpha value is -3.20. The lowest BCUT2D eigenvalue weighted by atomic mass is 9.62. The fourth-order valence-electron chi connectivity index (χ4n) is 4.35. The summed E-state index contributed by atoms with van der Waals surface area (Å²) in [4.78, 5) is 51.0. The number of piperidine rings is 1. The Kier molecular flexibility index (Phi) is 6.01. The van der Waals surface area contributed by atoms with Gasteiger partial charge in [-0.2, -0.15) is 8.78 Å². The molecule has 0 bridgehead atoms. The van der Waals surface area contributed by atoms with Crippen molar-refractivity contribution in [2.24, 2.45) is 0 Å². The Labute approximate surface area is 201 Å². The van der Waals surface area contributed by atoms with Gasteiger partial charge in [0.15, 0.2) is 0 Å². The fourth-order valence-corrected chi connectivity index (χ4v) is 4.48. The van der Waals surface area contributed by atoms with Gasteiger partial charge in [0, 0.05) is 35.1 Å². The highest BCUT2D eigenvalue weighted by molar-refractivity contribution is 6.36. The van der Waals surface area contributed by atoms with Gasteiger partial charge in [-0.3, -0.25) is 24.5 Å². The van der Waals surface area contributed by atoms with Crippen molar-refractivity contribution in [3.63, 3.8) is 0 Å². The maximum absolute atomic E-state index is 14.5. The van der Waals surface area contributed by atoms with Crippen molar-refractivity contribution in [1.82, 2.24) is 15.5 Å². The number of amides is 4. The van der Waals surface area contributed by atoms with Gasteiger partial charge in [0.05, 0.1) is 5.44 Å². The van der Waals surface area contributed by atoms with Crippen molar-refractivity contribution in [2.75, 3.05) is 0 Å². The second-order valence-corrected chi connectivity index (χ2v) is 9.28. The zero-order valence-electron chi connectivity index (χ0n) is 18.5. The molecule has 174 valence electrons. The molecule has 0 aromatic heterocycles. The van der Waals surface area contributed by atoms with Crippen LogP contribution in [0, 0.1) is 0 Å². The quantitative estimate of drug-likeness (QED) is 0.477. The Morgan fingerprint density at radius 2 is 1.88 bits per heavy atom. The van der Waals surface area contributed by atoms with E-state index < -0.39 is 34.6 Å². The normalized spacial score (nSPS) is 22.4. The molecule has 0 spiro atoms. The second-order valence-electron chi connectivity index (χ2n) is 8.84. The molecule has 0 radical (unpaired) electrons. The predicted octanol–water partition coefficient (Wildman–Crippen LogP) is 0.501. The minimum absolute atomic E-state index is 0.127. The number of carbonyl (C=O) groups is 4. The third-order valence-corrected chi connectivity index (χ3v) is 6.64. The molecular weight excluding hydrogens is 465 g/mol. The van der Waals surface area contributed by atoms with Crippen molar-refractivity contribution >= 4 is 50.9 Å². The van der Waals surface area contributed by atoms with Crippen LogP contribution in [0.3, 0.4) is 0 Å². The number of rotatable bonds is 5. The number of hydrogen-bond donors (Lipinski definition) is 2. The smallest absolute Gasteiger partial charge is 0.346 e. The molecule has 2 heterocycles. The van der Waals surface area contributed by atoms with E-state index in [-0.39, 0.29) is 36.3 Å². The van der Waals surface area contributed by atoms with Gasteiger partial charge < -0.3 is 10.2 Å². The summed E-state index contributed by atoms with van der Waals surface area (Å²) in [5.74, 6) is -6.90. The summed E-state index contributed by atoms with van der Waals surface area (Å²) in [6, 6.07) is 9.51. The largest absolute Gasteiger partial charge is 0.349 e. The molecule has 2 aromatic rings. The third kappa shape index (κ3) is 4.09. The molecule has 2 aliphatic heterocycles. The molecule has 0 aliphatic carbocycles. The molecule has 0 saturated carbocycles. The minimum Gasteiger partial charge on any atom is -0.346 e. The number of nitrogens with one attached hydrogen (secondary N) is 2. The van der Waals surface area contributed by atoms with Gasteiger partial charge in [0.2, 0.25) is 11.8 Å². The monoisotopic (exact) mass is 485 g/mol. The Bertz CT molecular complexity index is 1210. The predicted molar refractivity (Wildman–Crippen MR) is 125 cm³/mol. The van der Waals surface area contributed by atoms with Gasteiger partial charge in [-0.05, 0) is 35.7 Å². The zero-order valence-corrected chi connectivity index (χ0v) is 19.2. The van der Waals surface area contributed by atoms with E-state index in [0.717, 1.165) is 12.1 Å². The van der Waals surface area contributed by atoms with E-state index in [1.54, 1.807) is 33.9 Å². The number of carbonyl (C=O) groups excluding carboxylic acids is 4. The fraction of sp³-hybridized carbons (Fsp3) is 0.273. The van der Waals surface area contributed by atoms with Crippen LogP contribution in [0.5, 0.6) is 0 Å². The molecule has 12 heteroatoms. The van der Waals surface area contributed by atoms with Crippen molar-refractivity contribution in [3.05, 3.63) is 69.7 Å². The van der Waals surface area contributed by atoms with Crippen LogP contribution >= 0.6 is 11.6 Å². The average Bonchev–Trinajstić information content (AvgIpc) is 3.13. The SMILES string of the molecule is BC1C[C@](B)(N2Cc3cc(CNC(=O)C(F)(F)c4ccc(Cl)cc4)ccc3C2=O)C(=O)NC1=O. The minimum atomic E-state index is -3.74. The van der Waals surface area contributed by atoms with Gasteiger partial charge in [-0.25, -0.2) is 0 Å². The molecule has 4 amide bonds. The van der Waals surface area contributed by atoms with E-state index in [4.69, 9.17) is 11.6 Å². The number of nitrogens with zero attached hydrogens (tertiary/aromatic N) is 1. The van der Waals surface area contributed by atoms with E-state index in [2.05, 4.69) is 10.6 Å². The first-order valence-corrected chi connectivity index (χ1v) is 11.0. The Balaban J connectivity index is 1.47. The molecule has 2 aliphatic rings. The molecule has 1 fully saturated rings. The van der Waals surface area contributed by atoms with Gasteiger partial charge in [0.25, 0.3) is 11.8 Å². The average molecular weight is 485 g/mol. The number of fused-ring (bicyclic) bond motifs is 1. The topological polar surface area (TPSA) is 95.6 Å². The van der Waals surface area contributed by atoms with Crippen LogP contribution in [0.15, 0.2) is 42.5 Å². The highest BCUT2D eigenvalue weighted by atomic mass is 35.5. The lowest BCUT2D eigenvalue weighted by Crippen LogP contribution is -2.64. The molecule has 1 saturated heterocycles. The molecule has 2 atom stereocenters. The van der Waals surface area contributed by atoms with Gasteiger partial charge in [0.1, 0.15) is 15.7 Å². The zero-order chi connectivity index (χ0) is 24.8. The second kappa shape index (κ2) is 8.54. The standard InChI is InChI=1S/C22H20B2ClF2N3O4/c23-16-8-21(24,19(33)29-17(16)31)30-10-12-7-11(1-6-15(12)18(30)32)9-28-20(34)22(26,27)13-2-4-14(25)5-3-13/h1-7,16H,8-10,23-24H2,(H,28,34)(H,29,31,33)/t16?,21-/m0/s1. The van der Waals surface area contributed by atoms with Crippen LogP contribution in [0.2, 0.25) is 10.8 Å². The number of hydrogen-bond acceptors (Lipinski definition) is 4. The Morgan fingerprint density at radius 1 is 1.21 bits per heavy atom. The van der Waals surface area contributed by atoms with Crippen LogP contribution in [0.4, 0.5) is 8.78 Å². The number of benzene rings is 2. The summed E-state index contributed by atoms with van der Waals surface area (Å²) in [6.07, 6.45) is 0.195. The van der Waals surface area contributed by atoms with Crippen molar-refractivity contribution in [2.45, 2.75) is 36.7 Å². The van der Waals surface area contributed by atoms with Gasteiger partial charge in [-0.1, -0.05) is 35.9 Å². The summed E-state index contributed by atoms with van der Waals surface area (Å²) in [5, 5.41) is 4.83. The van der Waals surface area contributed by atoms with E-state index >= 15 is 0 Å². The van der Waals surface area contributed by atoms with Gasteiger partial charge >= 0.3 is 5.92 Å². The number of halogens is 3. The first-order chi connectivity index (χ1) is 15.9. The number of imide groups is 1. The van der Waals surface area contributed by atoms with Crippen LogP contribution in [0.25, 0.3) is 0 Å². The molecule has 4 rings (SSSR count). The highest BCUT2D eigenvalue weighted by Crippen LogP contribution is 2.35. The third-order valence-electron chi connectivity index (χ3n) is 6.39. The van der Waals surface area contributed by atoms with Gasteiger partial charge in [-0.15, -0.1) is 0 Å². The summed E-state index contributed by atoms with van der Waals surface area (Å²) in [7, 11) is 3.31. The van der Waals surface area contributed by atoms with E-state index in [1.165, 1.54) is 17.0 Å². The highest BCUT2D eigenvalue weighted by Gasteiger charge is 2.50. The van der Waals surface area contributed by atoms with E-state index in [0.29, 0.717) is 16.7 Å². The first-order valence-electron chi connectivity index (χ1n) is 10.6. The van der Waals surface area contributed by atoms with Crippen LogP contribution in [0.1, 0.15) is 33.5 Å². The van der Waals surface area contributed by atoms with Crippen LogP contribution in [-0.4, -0.2) is 49.7 Å². The maximum Gasteiger partial charge on any atom is 0.349 e. The van der Waals surface area contributed by atoms with E-state index in [1.807, 2.05) is 0 Å². The number of alkyl halides is 2. The summed E-state index contributed by atoms with van der Waals surface area (Å²) in [6.45, 7) is -0.0471. The molecule has 7 nitrogen and oxygen atoms in total. The first kappa shape index (κ1) is 23.9. The van der Waals surface area contributed by atoms with Crippen molar-refractivity contribution in [3.8, 4) is 0 Å². The molecule has 1 unspecified atom stereocenters. The van der Waals surface area contributed by atoms with E-state index in [9.17, 15) is 28.0 Å². The lowest BCUT2D eigenvalue weighted by Gasteiger charge is -2.42. The molecule has 2 N–H and O–H groups in total.